The SMILES string of the molecule is CCCC(=O)Nc1cc(C)c(Oc2ccc(O)c(C(C)(C)C)c2)c(C)c1. The van der Waals surface area contributed by atoms with Gasteiger partial charge in [0.25, 0.3) is 0 Å². The standard InChI is InChI=1S/C22H29NO3/c1-7-8-20(25)23-16-11-14(2)21(15(3)12-16)26-17-9-10-19(24)18(13-17)22(4,5)6/h9-13,24H,7-8H2,1-6H3,(H,23,25). The van der Waals surface area contributed by atoms with Gasteiger partial charge < -0.3 is 15.2 Å². The summed E-state index contributed by atoms with van der Waals surface area (Å²) in [5.41, 5.74) is 3.34. The summed E-state index contributed by atoms with van der Waals surface area (Å²) in [5.74, 6) is 1.74. The Morgan fingerprint density at radius 3 is 2.27 bits per heavy atom. The van der Waals surface area contributed by atoms with Gasteiger partial charge in [-0.3, -0.25) is 4.79 Å². The summed E-state index contributed by atoms with van der Waals surface area (Å²) < 4.78 is 6.11. The second-order valence-electron chi connectivity index (χ2n) is 7.77. The number of aryl methyl sites for hydroxylation is 2. The van der Waals surface area contributed by atoms with Gasteiger partial charge in [-0.2, -0.15) is 0 Å². The molecule has 4 heteroatoms. The molecule has 0 aliphatic carbocycles. The van der Waals surface area contributed by atoms with Gasteiger partial charge in [0.1, 0.15) is 17.2 Å². The number of nitrogens with one attached hydrogen (secondary N) is 1. The average molecular weight is 355 g/mol. The van der Waals surface area contributed by atoms with Crippen LogP contribution in [0.3, 0.4) is 0 Å². The molecule has 2 rings (SSSR count). The zero-order chi connectivity index (χ0) is 19.5. The van der Waals surface area contributed by atoms with E-state index in [4.69, 9.17) is 4.74 Å². The molecule has 0 saturated heterocycles. The molecule has 26 heavy (non-hydrogen) atoms. The van der Waals surface area contributed by atoms with Crippen molar-refractivity contribution in [2.24, 2.45) is 0 Å². The quantitative estimate of drug-likeness (QED) is 0.708. The highest BCUT2D eigenvalue weighted by atomic mass is 16.5. The molecular formula is C22H29NO3. The lowest BCUT2D eigenvalue weighted by Gasteiger charge is -2.22. The van der Waals surface area contributed by atoms with Crippen LogP contribution in [0.2, 0.25) is 0 Å². The van der Waals surface area contributed by atoms with E-state index in [9.17, 15) is 9.90 Å². The van der Waals surface area contributed by atoms with Crippen LogP contribution >= 0.6 is 0 Å². The Labute approximate surface area is 156 Å². The van der Waals surface area contributed by atoms with Crippen LogP contribution in [-0.2, 0) is 10.2 Å². The van der Waals surface area contributed by atoms with Gasteiger partial charge in [-0.25, -0.2) is 0 Å². The number of carbonyl (C=O) groups excluding carboxylic acids is 1. The van der Waals surface area contributed by atoms with Crippen LogP contribution in [0.15, 0.2) is 30.3 Å². The molecule has 4 nitrogen and oxygen atoms in total. The molecule has 1 amide bonds. The molecule has 0 aromatic heterocycles. The summed E-state index contributed by atoms with van der Waals surface area (Å²) >= 11 is 0. The minimum Gasteiger partial charge on any atom is -0.508 e. The van der Waals surface area contributed by atoms with E-state index in [1.165, 1.54) is 0 Å². The smallest absolute Gasteiger partial charge is 0.224 e. The van der Waals surface area contributed by atoms with Crippen LogP contribution in [0.25, 0.3) is 0 Å². The predicted octanol–water partition coefficient (Wildman–Crippen LogP) is 5.84. The fraction of sp³-hybridized carbons (Fsp3) is 0.409. The number of phenolic OH excluding ortho intramolecular Hbond substituents is 1. The summed E-state index contributed by atoms with van der Waals surface area (Å²) in [6.45, 7) is 12.1. The van der Waals surface area contributed by atoms with Crippen LogP contribution < -0.4 is 10.1 Å². The molecule has 0 fully saturated rings. The molecule has 140 valence electrons. The van der Waals surface area contributed by atoms with Crippen molar-refractivity contribution >= 4 is 11.6 Å². The summed E-state index contributed by atoms with van der Waals surface area (Å²) in [6, 6.07) is 9.15. The Balaban J connectivity index is 2.29. The number of amides is 1. The molecule has 0 aliphatic heterocycles. The van der Waals surface area contributed by atoms with E-state index < -0.39 is 0 Å². The maximum Gasteiger partial charge on any atom is 0.224 e. The van der Waals surface area contributed by atoms with Gasteiger partial charge in [-0.05, 0) is 67.1 Å². The van der Waals surface area contributed by atoms with Crippen LogP contribution in [-0.4, -0.2) is 11.0 Å². The van der Waals surface area contributed by atoms with E-state index in [1.54, 1.807) is 12.1 Å². The number of rotatable bonds is 5. The third-order valence-electron chi connectivity index (χ3n) is 4.22. The van der Waals surface area contributed by atoms with E-state index in [0.29, 0.717) is 12.2 Å². The van der Waals surface area contributed by atoms with Crippen molar-refractivity contribution in [3.8, 4) is 17.2 Å². The first-order chi connectivity index (χ1) is 12.1. The van der Waals surface area contributed by atoms with Gasteiger partial charge in [0.05, 0.1) is 0 Å². The van der Waals surface area contributed by atoms with Crippen molar-refractivity contribution in [1.29, 1.82) is 0 Å². The molecule has 0 bridgehead atoms. The normalized spacial score (nSPS) is 11.3. The van der Waals surface area contributed by atoms with Crippen molar-refractivity contribution in [3.05, 3.63) is 47.0 Å². The highest BCUT2D eigenvalue weighted by molar-refractivity contribution is 5.91. The van der Waals surface area contributed by atoms with Gasteiger partial charge >= 0.3 is 0 Å². The zero-order valence-electron chi connectivity index (χ0n) is 16.6. The lowest BCUT2D eigenvalue weighted by molar-refractivity contribution is -0.116. The second kappa shape index (κ2) is 7.81. The molecule has 2 aromatic rings. The molecule has 2 N–H and O–H groups in total. The van der Waals surface area contributed by atoms with Crippen molar-refractivity contribution in [2.75, 3.05) is 5.32 Å². The maximum atomic E-state index is 11.8. The van der Waals surface area contributed by atoms with Crippen molar-refractivity contribution in [1.82, 2.24) is 0 Å². The number of carbonyl (C=O) groups is 1. The Kier molecular flexibility index (Phi) is 5.96. The molecule has 2 aromatic carbocycles. The Morgan fingerprint density at radius 2 is 1.73 bits per heavy atom. The Morgan fingerprint density at radius 1 is 1.12 bits per heavy atom. The monoisotopic (exact) mass is 355 g/mol. The topological polar surface area (TPSA) is 58.6 Å². The molecule has 0 atom stereocenters. The third-order valence-corrected chi connectivity index (χ3v) is 4.22. The van der Waals surface area contributed by atoms with Crippen molar-refractivity contribution < 1.29 is 14.6 Å². The molecule has 0 heterocycles. The molecule has 0 saturated carbocycles. The summed E-state index contributed by atoms with van der Waals surface area (Å²) in [5, 5.41) is 13.0. The highest BCUT2D eigenvalue weighted by Crippen LogP contribution is 2.37. The highest BCUT2D eigenvalue weighted by Gasteiger charge is 2.19. The number of anilines is 1. The number of hydrogen-bond acceptors (Lipinski definition) is 3. The van der Waals surface area contributed by atoms with Crippen LogP contribution in [0, 0.1) is 13.8 Å². The fourth-order valence-electron chi connectivity index (χ4n) is 2.93. The van der Waals surface area contributed by atoms with E-state index >= 15 is 0 Å². The molecule has 0 spiro atoms. The van der Waals surface area contributed by atoms with Crippen LogP contribution in [0.1, 0.15) is 57.2 Å². The van der Waals surface area contributed by atoms with Crippen LogP contribution in [0.5, 0.6) is 17.2 Å². The zero-order valence-corrected chi connectivity index (χ0v) is 16.6. The van der Waals surface area contributed by atoms with Gasteiger partial charge in [0.2, 0.25) is 5.91 Å². The Hall–Kier alpha value is -2.49. The fourth-order valence-corrected chi connectivity index (χ4v) is 2.93. The van der Waals surface area contributed by atoms with Gasteiger partial charge in [-0.15, -0.1) is 0 Å². The number of hydrogen-bond donors (Lipinski definition) is 2. The number of aromatic hydroxyl groups is 1. The van der Waals surface area contributed by atoms with Gasteiger partial charge in [0, 0.05) is 17.7 Å². The molecular weight excluding hydrogens is 326 g/mol. The van der Waals surface area contributed by atoms with E-state index in [-0.39, 0.29) is 17.1 Å². The summed E-state index contributed by atoms with van der Waals surface area (Å²) in [6.07, 6.45) is 1.33. The summed E-state index contributed by atoms with van der Waals surface area (Å²) in [7, 11) is 0. The first-order valence-electron chi connectivity index (χ1n) is 9.04. The minimum atomic E-state index is -0.180. The van der Waals surface area contributed by atoms with E-state index in [1.807, 2.05) is 39.0 Å². The van der Waals surface area contributed by atoms with Crippen LogP contribution in [0.4, 0.5) is 5.69 Å². The van der Waals surface area contributed by atoms with Crippen molar-refractivity contribution in [3.63, 3.8) is 0 Å². The third kappa shape index (κ3) is 4.78. The molecule has 0 radical (unpaired) electrons. The lowest BCUT2D eigenvalue weighted by Crippen LogP contribution is -2.11. The first-order valence-corrected chi connectivity index (χ1v) is 9.04. The molecule has 0 aliphatic rings. The first kappa shape index (κ1) is 19.8. The van der Waals surface area contributed by atoms with E-state index in [0.717, 1.165) is 34.5 Å². The Bertz CT molecular complexity index is 781. The second-order valence-corrected chi connectivity index (χ2v) is 7.77. The minimum absolute atomic E-state index is 0.0216. The number of benzene rings is 2. The van der Waals surface area contributed by atoms with Gasteiger partial charge in [-0.1, -0.05) is 27.7 Å². The number of ether oxygens (including phenoxy) is 1. The number of phenols is 1. The van der Waals surface area contributed by atoms with E-state index in [2.05, 4.69) is 26.1 Å². The maximum absolute atomic E-state index is 11.8. The largest absolute Gasteiger partial charge is 0.508 e. The van der Waals surface area contributed by atoms with Crippen molar-refractivity contribution in [2.45, 2.75) is 59.8 Å². The van der Waals surface area contributed by atoms with Gasteiger partial charge in [0.15, 0.2) is 0 Å². The molecule has 0 unspecified atom stereocenters. The summed E-state index contributed by atoms with van der Waals surface area (Å²) in [4.78, 5) is 11.8. The average Bonchev–Trinajstić information content (AvgIpc) is 2.51. The lowest BCUT2D eigenvalue weighted by atomic mass is 9.86. The predicted molar refractivity (Wildman–Crippen MR) is 106 cm³/mol.